The van der Waals surface area contributed by atoms with Crippen LogP contribution >= 0.6 is 0 Å². The zero-order valence-electron chi connectivity index (χ0n) is 13.2. The molecule has 4 nitrogen and oxygen atoms in total. The monoisotopic (exact) mass is 337 g/mol. The molecule has 24 heavy (non-hydrogen) atoms. The third-order valence-electron chi connectivity index (χ3n) is 4.27. The summed E-state index contributed by atoms with van der Waals surface area (Å²) in [6.07, 6.45) is -1.72. The number of nitrogens with zero attached hydrogens (tertiary/aromatic N) is 2. The first-order chi connectivity index (χ1) is 11.3. The minimum atomic E-state index is -4.51. The number of fused-ring (bicyclic) bond motifs is 1. The Balaban J connectivity index is 1.70. The van der Waals surface area contributed by atoms with E-state index in [2.05, 4.69) is 10.4 Å². The molecule has 0 fully saturated rings. The van der Waals surface area contributed by atoms with Gasteiger partial charge in [-0.15, -0.1) is 0 Å². The lowest BCUT2D eigenvalue weighted by Gasteiger charge is -2.26. The van der Waals surface area contributed by atoms with E-state index in [0.29, 0.717) is 5.69 Å². The second-order valence-electron chi connectivity index (χ2n) is 6.04. The third kappa shape index (κ3) is 3.44. The number of halogens is 3. The maximum Gasteiger partial charge on any atom is 0.435 e. The maximum atomic E-state index is 12.7. The van der Waals surface area contributed by atoms with Crippen LogP contribution in [0, 0.1) is 6.92 Å². The molecule has 1 aliphatic rings. The Kier molecular flexibility index (Phi) is 4.34. The maximum absolute atomic E-state index is 12.7. The Morgan fingerprint density at radius 1 is 1.38 bits per heavy atom. The van der Waals surface area contributed by atoms with E-state index < -0.39 is 11.9 Å². The minimum Gasteiger partial charge on any atom is -0.348 e. The predicted molar refractivity (Wildman–Crippen MR) is 82.2 cm³/mol. The van der Waals surface area contributed by atoms with Crippen LogP contribution < -0.4 is 5.32 Å². The number of alkyl halides is 3. The Hall–Kier alpha value is -2.31. The molecule has 1 aromatic carbocycles. The van der Waals surface area contributed by atoms with Crippen LogP contribution in [-0.4, -0.2) is 15.7 Å². The van der Waals surface area contributed by atoms with Gasteiger partial charge in [-0.1, -0.05) is 24.3 Å². The average Bonchev–Trinajstić information content (AvgIpc) is 2.89. The molecule has 1 heterocycles. The lowest BCUT2D eigenvalue weighted by atomic mass is 9.88. The molecule has 1 aromatic heterocycles. The zero-order valence-corrected chi connectivity index (χ0v) is 13.2. The van der Waals surface area contributed by atoms with E-state index in [1.165, 1.54) is 12.5 Å². The van der Waals surface area contributed by atoms with Crippen molar-refractivity contribution >= 4 is 5.91 Å². The summed E-state index contributed by atoms with van der Waals surface area (Å²) in [5, 5.41) is 6.41. The largest absolute Gasteiger partial charge is 0.435 e. The molecule has 0 unspecified atom stereocenters. The van der Waals surface area contributed by atoms with Gasteiger partial charge in [-0.25, -0.2) is 0 Å². The summed E-state index contributed by atoms with van der Waals surface area (Å²) in [7, 11) is 0. The van der Waals surface area contributed by atoms with Gasteiger partial charge in [-0.2, -0.15) is 18.3 Å². The van der Waals surface area contributed by atoms with E-state index in [1.54, 1.807) is 0 Å². The number of carbonyl (C=O) groups excluding carboxylic acids is 1. The van der Waals surface area contributed by atoms with Crippen molar-refractivity contribution < 1.29 is 18.0 Å². The molecule has 128 valence electrons. The number of amides is 1. The molecule has 0 aliphatic heterocycles. The highest BCUT2D eigenvalue weighted by Gasteiger charge is 2.34. The predicted octanol–water partition coefficient (Wildman–Crippen LogP) is 3.40. The number of rotatable bonds is 3. The number of hydrogen-bond donors (Lipinski definition) is 1. The van der Waals surface area contributed by atoms with Gasteiger partial charge in [-0.3, -0.25) is 9.48 Å². The number of aryl methyl sites for hydroxylation is 2. The second kappa shape index (κ2) is 6.30. The normalized spacial score (nSPS) is 17.4. The molecule has 0 saturated heterocycles. The molecular formula is C17H18F3N3O. The third-order valence-corrected chi connectivity index (χ3v) is 4.27. The topological polar surface area (TPSA) is 46.9 Å². The number of nitrogens with one attached hydrogen (secondary N) is 1. The SMILES string of the molecule is Cc1cc(C(F)(F)F)nn1CC(=O)N[C@H]1CCCc2ccccc21. The molecule has 1 aliphatic carbocycles. The van der Waals surface area contributed by atoms with E-state index >= 15 is 0 Å². The summed E-state index contributed by atoms with van der Waals surface area (Å²) in [4.78, 5) is 12.2. The summed E-state index contributed by atoms with van der Waals surface area (Å²) < 4.78 is 39.1. The van der Waals surface area contributed by atoms with Crippen molar-refractivity contribution in [2.75, 3.05) is 0 Å². The van der Waals surface area contributed by atoms with E-state index in [4.69, 9.17) is 0 Å². The van der Waals surface area contributed by atoms with Crippen molar-refractivity contribution in [3.63, 3.8) is 0 Å². The number of carbonyl (C=O) groups is 1. The van der Waals surface area contributed by atoms with E-state index in [9.17, 15) is 18.0 Å². The standard InChI is InChI=1S/C17H18F3N3O/c1-11-9-15(17(18,19)20)22-23(11)10-16(24)21-14-8-4-6-12-5-2-3-7-13(12)14/h2-3,5,7,9,14H,4,6,8,10H2,1H3,(H,21,24)/t14-/m0/s1. The van der Waals surface area contributed by atoms with Gasteiger partial charge in [-0.05, 0) is 43.4 Å². The van der Waals surface area contributed by atoms with Crippen LogP contribution in [0.2, 0.25) is 0 Å². The Labute approximate surface area is 137 Å². The van der Waals surface area contributed by atoms with E-state index in [-0.39, 0.29) is 18.5 Å². The van der Waals surface area contributed by atoms with Crippen molar-refractivity contribution in [3.8, 4) is 0 Å². The van der Waals surface area contributed by atoms with Crippen LogP contribution in [0.25, 0.3) is 0 Å². The van der Waals surface area contributed by atoms with Crippen LogP contribution in [0.5, 0.6) is 0 Å². The Morgan fingerprint density at radius 3 is 2.83 bits per heavy atom. The zero-order chi connectivity index (χ0) is 17.3. The van der Waals surface area contributed by atoms with Crippen LogP contribution in [-0.2, 0) is 23.9 Å². The molecule has 1 atom stereocenters. The van der Waals surface area contributed by atoms with Crippen LogP contribution in [0.3, 0.4) is 0 Å². The summed E-state index contributed by atoms with van der Waals surface area (Å²) in [5.41, 5.74) is 1.63. The number of aromatic nitrogens is 2. The summed E-state index contributed by atoms with van der Waals surface area (Å²) in [5.74, 6) is -0.336. The molecule has 1 amide bonds. The van der Waals surface area contributed by atoms with Gasteiger partial charge >= 0.3 is 6.18 Å². The highest BCUT2D eigenvalue weighted by atomic mass is 19.4. The fourth-order valence-electron chi connectivity index (χ4n) is 3.09. The fourth-order valence-corrected chi connectivity index (χ4v) is 3.09. The summed E-state index contributed by atoms with van der Waals surface area (Å²) >= 11 is 0. The molecular weight excluding hydrogens is 319 g/mol. The van der Waals surface area contributed by atoms with Gasteiger partial charge < -0.3 is 5.32 Å². The summed E-state index contributed by atoms with van der Waals surface area (Å²) in [6, 6.07) is 8.77. The lowest BCUT2D eigenvalue weighted by molar-refractivity contribution is -0.141. The first kappa shape index (κ1) is 16.5. The van der Waals surface area contributed by atoms with Gasteiger partial charge in [0.05, 0.1) is 6.04 Å². The molecule has 0 bridgehead atoms. The molecule has 7 heteroatoms. The summed E-state index contributed by atoms with van der Waals surface area (Å²) in [6.45, 7) is 1.28. The second-order valence-corrected chi connectivity index (χ2v) is 6.04. The average molecular weight is 337 g/mol. The Morgan fingerprint density at radius 2 is 2.12 bits per heavy atom. The van der Waals surface area contributed by atoms with Crippen molar-refractivity contribution in [1.82, 2.24) is 15.1 Å². The lowest BCUT2D eigenvalue weighted by Crippen LogP contribution is -2.34. The molecule has 1 N–H and O–H groups in total. The smallest absolute Gasteiger partial charge is 0.348 e. The van der Waals surface area contributed by atoms with Gasteiger partial charge in [0.25, 0.3) is 0 Å². The molecule has 3 rings (SSSR count). The van der Waals surface area contributed by atoms with E-state index in [0.717, 1.165) is 35.6 Å². The quantitative estimate of drug-likeness (QED) is 0.933. The van der Waals surface area contributed by atoms with E-state index in [1.807, 2.05) is 24.3 Å². The van der Waals surface area contributed by atoms with Crippen LogP contribution in [0.15, 0.2) is 30.3 Å². The fraction of sp³-hybridized carbons (Fsp3) is 0.412. The minimum absolute atomic E-state index is 0.0968. The van der Waals surface area contributed by atoms with Crippen LogP contribution in [0.4, 0.5) is 13.2 Å². The first-order valence-corrected chi connectivity index (χ1v) is 7.83. The van der Waals surface area contributed by atoms with Gasteiger partial charge in [0.2, 0.25) is 5.91 Å². The molecule has 0 radical (unpaired) electrons. The van der Waals surface area contributed by atoms with Gasteiger partial charge in [0, 0.05) is 5.69 Å². The highest BCUT2D eigenvalue weighted by Crippen LogP contribution is 2.30. The van der Waals surface area contributed by atoms with Crippen molar-refractivity contribution in [3.05, 3.63) is 52.8 Å². The van der Waals surface area contributed by atoms with Gasteiger partial charge in [0.15, 0.2) is 5.69 Å². The van der Waals surface area contributed by atoms with Crippen molar-refractivity contribution in [2.24, 2.45) is 0 Å². The van der Waals surface area contributed by atoms with Crippen molar-refractivity contribution in [2.45, 2.75) is 44.9 Å². The van der Waals surface area contributed by atoms with Crippen LogP contribution in [0.1, 0.15) is 41.4 Å². The van der Waals surface area contributed by atoms with Crippen molar-refractivity contribution in [1.29, 1.82) is 0 Å². The molecule has 0 saturated carbocycles. The number of hydrogen-bond acceptors (Lipinski definition) is 2. The molecule has 0 spiro atoms. The molecule has 2 aromatic rings. The van der Waals surface area contributed by atoms with Gasteiger partial charge in [0.1, 0.15) is 6.54 Å². The number of benzene rings is 1. The Bertz CT molecular complexity index is 752. The first-order valence-electron chi connectivity index (χ1n) is 7.83. The highest BCUT2D eigenvalue weighted by molar-refractivity contribution is 5.76.